The van der Waals surface area contributed by atoms with Crippen molar-refractivity contribution in [3.8, 4) is 5.75 Å². The molecule has 2 atom stereocenters. The average Bonchev–Trinajstić information content (AvgIpc) is 3.05. The Labute approximate surface area is 149 Å². The van der Waals surface area contributed by atoms with Gasteiger partial charge in [-0.2, -0.15) is 0 Å². The summed E-state index contributed by atoms with van der Waals surface area (Å²) in [7, 11) is 0. The summed E-state index contributed by atoms with van der Waals surface area (Å²) in [6.45, 7) is 3.52. The average molecular weight is 354 g/mol. The van der Waals surface area contributed by atoms with E-state index in [0.29, 0.717) is 28.0 Å². The molecule has 2 heterocycles. The van der Waals surface area contributed by atoms with Gasteiger partial charge >= 0.3 is 6.03 Å². The monoisotopic (exact) mass is 354 g/mol. The van der Waals surface area contributed by atoms with Crippen LogP contribution in [-0.4, -0.2) is 33.2 Å². The van der Waals surface area contributed by atoms with Crippen LogP contribution >= 0.6 is 0 Å². The van der Waals surface area contributed by atoms with Gasteiger partial charge in [0, 0.05) is 17.3 Å². The number of hydrogen-bond donors (Lipinski definition) is 3. The van der Waals surface area contributed by atoms with Gasteiger partial charge < -0.3 is 20.5 Å². The van der Waals surface area contributed by atoms with Crippen molar-refractivity contribution >= 4 is 22.8 Å². The fourth-order valence-electron chi connectivity index (χ4n) is 3.06. The molecule has 0 saturated carbocycles. The van der Waals surface area contributed by atoms with E-state index in [1.807, 2.05) is 18.2 Å². The van der Waals surface area contributed by atoms with Crippen molar-refractivity contribution in [3.05, 3.63) is 48.0 Å². The number of anilines is 1. The molecule has 8 heteroatoms. The normalized spacial score (nSPS) is 20.9. The third-order valence-corrected chi connectivity index (χ3v) is 4.44. The number of para-hydroxylation sites is 1. The van der Waals surface area contributed by atoms with Gasteiger partial charge in [-0.15, -0.1) is 0 Å². The lowest BCUT2D eigenvalue weighted by Gasteiger charge is -2.42. The highest BCUT2D eigenvalue weighted by Gasteiger charge is 2.44. The van der Waals surface area contributed by atoms with Crippen molar-refractivity contribution in [1.29, 1.82) is 0 Å². The van der Waals surface area contributed by atoms with Gasteiger partial charge in [0.1, 0.15) is 28.5 Å². The molecule has 2 amide bonds. The van der Waals surface area contributed by atoms with E-state index in [-0.39, 0.29) is 0 Å². The Morgan fingerprint density at radius 1 is 1.15 bits per heavy atom. The van der Waals surface area contributed by atoms with Gasteiger partial charge in [0.15, 0.2) is 0 Å². The minimum absolute atomic E-state index is 0.428. The maximum atomic E-state index is 12.4. The van der Waals surface area contributed by atoms with E-state index >= 15 is 0 Å². The first-order valence-corrected chi connectivity index (χ1v) is 8.20. The minimum atomic E-state index is -0.964. The Morgan fingerprint density at radius 2 is 1.85 bits per heavy atom. The molecule has 0 unspecified atom stereocenters. The topological polar surface area (TPSA) is 110 Å². The zero-order chi connectivity index (χ0) is 18.3. The molecule has 2 aromatic carbocycles. The van der Waals surface area contributed by atoms with Crippen LogP contribution in [0.5, 0.6) is 5.75 Å². The molecule has 3 N–H and O–H groups in total. The van der Waals surface area contributed by atoms with Crippen molar-refractivity contribution in [2.75, 3.05) is 5.32 Å². The number of nitrogens with zero attached hydrogens (tertiary/aromatic N) is 2. The number of hydrogen-bond acceptors (Lipinski definition) is 6. The molecule has 0 bridgehead atoms. The van der Waals surface area contributed by atoms with E-state index in [4.69, 9.17) is 9.37 Å². The molecular weight excluding hydrogens is 336 g/mol. The third-order valence-electron chi connectivity index (χ3n) is 4.44. The van der Waals surface area contributed by atoms with E-state index in [9.17, 15) is 9.90 Å². The lowest BCUT2D eigenvalue weighted by atomic mass is 9.86. The standard InChI is InChI=1S/C18H18N4O4/c1-18(2)16(23)15(20-17(24)19-10-6-4-3-5-7-10)11-8-12-13(22-26-21-12)9-14(11)25-18/h3-9,15-16,23H,1-2H3,(H2,19,20,24)/t15-,16+/m0/s1. The number of carbonyl (C=O) groups is 1. The Bertz CT molecular complexity index is 954. The minimum Gasteiger partial charge on any atom is -0.485 e. The van der Waals surface area contributed by atoms with E-state index in [1.54, 1.807) is 38.1 Å². The maximum Gasteiger partial charge on any atom is 0.319 e. The van der Waals surface area contributed by atoms with Crippen molar-refractivity contribution in [2.24, 2.45) is 0 Å². The first-order chi connectivity index (χ1) is 12.4. The number of ether oxygens (including phenoxy) is 1. The molecule has 0 saturated heterocycles. The van der Waals surface area contributed by atoms with E-state index in [2.05, 4.69) is 20.9 Å². The van der Waals surface area contributed by atoms with E-state index in [1.165, 1.54) is 0 Å². The first-order valence-electron chi connectivity index (χ1n) is 8.20. The lowest BCUT2D eigenvalue weighted by molar-refractivity contribution is -0.0617. The van der Waals surface area contributed by atoms with Gasteiger partial charge in [-0.3, -0.25) is 0 Å². The van der Waals surface area contributed by atoms with Crippen LogP contribution in [0.3, 0.4) is 0 Å². The summed E-state index contributed by atoms with van der Waals surface area (Å²) in [5.74, 6) is 0.522. The highest BCUT2D eigenvalue weighted by atomic mass is 16.6. The molecule has 26 heavy (non-hydrogen) atoms. The van der Waals surface area contributed by atoms with Gasteiger partial charge in [0.05, 0.1) is 6.04 Å². The number of benzene rings is 2. The summed E-state index contributed by atoms with van der Waals surface area (Å²) in [6.07, 6.45) is -0.964. The molecule has 0 fully saturated rings. The number of carbonyl (C=O) groups excluding carboxylic acids is 1. The number of fused-ring (bicyclic) bond motifs is 2. The quantitative estimate of drug-likeness (QED) is 0.653. The van der Waals surface area contributed by atoms with Gasteiger partial charge in [0.25, 0.3) is 0 Å². The highest BCUT2D eigenvalue weighted by Crippen LogP contribution is 2.41. The van der Waals surface area contributed by atoms with E-state index in [0.717, 1.165) is 0 Å². The Hall–Kier alpha value is -3.13. The smallest absolute Gasteiger partial charge is 0.319 e. The van der Waals surface area contributed by atoms with Crippen LogP contribution in [0.1, 0.15) is 25.5 Å². The van der Waals surface area contributed by atoms with Crippen LogP contribution < -0.4 is 15.4 Å². The summed E-state index contributed by atoms with van der Waals surface area (Å²) in [5.41, 5.74) is 1.44. The van der Waals surface area contributed by atoms with Crippen LogP contribution in [0, 0.1) is 0 Å². The summed E-state index contributed by atoms with van der Waals surface area (Å²) in [6, 6.07) is 11.4. The zero-order valence-corrected chi connectivity index (χ0v) is 14.3. The number of aliphatic hydroxyl groups is 1. The van der Waals surface area contributed by atoms with Crippen LogP contribution in [0.25, 0.3) is 11.0 Å². The van der Waals surface area contributed by atoms with Crippen LogP contribution in [0.15, 0.2) is 47.1 Å². The summed E-state index contributed by atoms with van der Waals surface area (Å²) < 4.78 is 10.6. The summed E-state index contributed by atoms with van der Waals surface area (Å²) in [5, 5.41) is 24.0. The summed E-state index contributed by atoms with van der Waals surface area (Å²) in [4.78, 5) is 12.4. The zero-order valence-electron chi connectivity index (χ0n) is 14.3. The number of amides is 2. The number of nitrogens with one attached hydrogen (secondary N) is 2. The molecule has 0 aliphatic carbocycles. The second-order valence-corrected chi connectivity index (χ2v) is 6.74. The third kappa shape index (κ3) is 2.84. The second kappa shape index (κ2) is 5.99. The fraction of sp³-hybridized carbons (Fsp3) is 0.278. The number of urea groups is 1. The Kier molecular flexibility index (Phi) is 3.77. The second-order valence-electron chi connectivity index (χ2n) is 6.74. The molecule has 1 aliphatic rings. The highest BCUT2D eigenvalue weighted by molar-refractivity contribution is 5.89. The van der Waals surface area contributed by atoms with E-state index < -0.39 is 23.8 Å². The molecular formula is C18H18N4O4. The number of aliphatic hydroxyl groups excluding tert-OH is 1. The molecule has 4 rings (SSSR count). The number of aromatic nitrogens is 2. The van der Waals surface area contributed by atoms with Crippen LogP contribution in [0.2, 0.25) is 0 Å². The maximum absolute atomic E-state index is 12.4. The first kappa shape index (κ1) is 16.3. The molecule has 8 nitrogen and oxygen atoms in total. The van der Waals surface area contributed by atoms with Gasteiger partial charge in [-0.05, 0) is 42.4 Å². The predicted octanol–water partition coefficient (Wildman–Crippen LogP) is 2.62. The van der Waals surface area contributed by atoms with Crippen molar-refractivity contribution in [3.63, 3.8) is 0 Å². The molecule has 1 aromatic heterocycles. The SMILES string of the molecule is CC1(C)Oc2cc3nonc3cc2[C@H](NC(=O)Nc2ccccc2)[C@H]1O. The van der Waals surface area contributed by atoms with Gasteiger partial charge in [-0.1, -0.05) is 18.2 Å². The fourth-order valence-corrected chi connectivity index (χ4v) is 3.06. The molecule has 134 valence electrons. The molecule has 0 spiro atoms. The van der Waals surface area contributed by atoms with Gasteiger partial charge in [0.2, 0.25) is 0 Å². The molecule has 1 aliphatic heterocycles. The van der Waals surface area contributed by atoms with Crippen molar-refractivity contribution in [1.82, 2.24) is 15.6 Å². The van der Waals surface area contributed by atoms with Crippen LogP contribution in [-0.2, 0) is 0 Å². The van der Waals surface area contributed by atoms with Crippen molar-refractivity contribution < 1.29 is 19.3 Å². The van der Waals surface area contributed by atoms with Crippen LogP contribution in [0.4, 0.5) is 10.5 Å². The number of rotatable bonds is 2. The Morgan fingerprint density at radius 3 is 2.58 bits per heavy atom. The molecule has 3 aromatic rings. The Balaban J connectivity index is 1.66. The summed E-state index contributed by atoms with van der Waals surface area (Å²) >= 11 is 0. The predicted molar refractivity (Wildman–Crippen MR) is 93.9 cm³/mol. The largest absolute Gasteiger partial charge is 0.485 e. The molecule has 0 radical (unpaired) electrons. The lowest BCUT2D eigenvalue weighted by Crippen LogP contribution is -2.54. The van der Waals surface area contributed by atoms with Gasteiger partial charge in [-0.25, -0.2) is 9.42 Å². The van der Waals surface area contributed by atoms with Crippen molar-refractivity contribution in [2.45, 2.75) is 31.6 Å².